The van der Waals surface area contributed by atoms with Gasteiger partial charge in [0.15, 0.2) is 6.29 Å². The lowest BCUT2D eigenvalue weighted by Crippen LogP contribution is -1.99. The minimum absolute atomic E-state index is 0.455. The van der Waals surface area contributed by atoms with Crippen LogP contribution in [0.4, 0.5) is 0 Å². The first-order valence-electron chi connectivity index (χ1n) is 6.58. The topological polar surface area (TPSA) is 34.9 Å². The van der Waals surface area contributed by atoms with Gasteiger partial charge in [0.05, 0.1) is 16.9 Å². The van der Waals surface area contributed by atoms with Crippen LogP contribution in [0.3, 0.4) is 0 Å². The van der Waals surface area contributed by atoms with Crippen molar-refractivity contribution in [3.8, 4) is 5.69 Å². The fourth-order valence-corrected chi connectivity index (χ4v) is 3.00. The predicted octanol–water partition coefficient (Wildman–Crippen LogP) is 4.10. The Balaban J connectivity index is 1.98. The number of aldehydes is 1. The first kappa shape index (κ1) is 12.6. The van der Waals surface area contributed by atoms with Crippen molar-refractivity contribution in [1.82, 2.24) is 9.78 Å². The molecule has 0 amide bonds. The molecule has 1 aromatic heterocycles. The van der Waals surface area contributed by atoms with E-state index in [0.29, 0.717) is 5.92 Å². The Kier molecular flexibility index (Phi) is 3.51. The SMILES string of the molecule is O=Cc1cn(-c2ccc(Br)cc2)nc1C1CCCC1. The van der Waals surface area contributed by atoms with Crippen LogP contribution in [-0.2, 0) is 0 Å². The maximum absolute atomic E-state index is 11.2. The van der Waals surface area contributed by atoms with Crippen molar-refractivity contribution in [2.45, 2.75) is 31.6 Å². The van der Waals surface area contributed by atoms with Crippen molar-refractivity contribution in [2.75, 3.05) is 0 Å². The van der Waals surface area contributed by atoms with Crippen LogP contribution in [0, 0.1) is 0 Å². The molecule has 1 aliphatic carbocycles. The third-order valence-electron chi connectivity index (χ3n) is 3.73. The number of rotatable bonds is 3. The van der Waals surface area contributed by atoms with Crippen LogP contribution in [0.25, 0.3) is 5.69 Å². The molecule has 98 valence electrons. The van der Waals surface area contributed by atoms with Crippen LogP contribution in [-0.4, -0.2) is 16.1 Å². The van der Waals surface area contributed by atoms with Gasteiger partial charge in [-0.2, -0.15) is 5.10 Å². The summed E-state index contributed by atoms with van der Waals surface area (Å²) in [4.78, 5) is 11.2. The zero-order chi connectivity index (χ0) is 13.2. The number of hydrogen-bond donors (Lipinski definition) is 0. The average Bonchev–Trinajstić information content (AvgIpc) is 3.08. The summed E-state index contributed by atoms with van der Waals surface area (Å²) in [6.07, 6.45) is 7.55. The van der Waals surface area contributed by atoms with Gasteiger partial charge in [0.1, 0.15) is 0 Å². The first-order chi connectivity index (χ1) is 9.28. The van der Waals surface area contributed by atoms with Gasteiger partial charge in [-0.25, -0.2) is 4.68 Å². The summed E-state index contributed by atoms with van der Waals surface area (Å²) in [5.41, 5.74) is 2.68. The van der Waals surface area contributed by atoms with E-state index in [1.54, 1.807) is 0 Å². The monoisotopic (exact) mass is 318 g/mol. The van der Waals surface area contributed by atoms with Gasteiger partial charge in [0, 0.05) is 16.6 Å². The van der Waals surface area contributed by atoms with Crippen LogP contribution in [0.1, 0.15) is 47.7 Å². The molecule has 1 aliphatic rings. The standard InChI is InChI=1S/C15H15BrN2O/c16-13-5-7-14(8-6-13)18-9-12(10-19)15(17-18)11-3-1-2-4-11/h5-11H,1-4H2. The van der Waals surface area contributed by atoms with Crippen molar-refractivity contribution in [1.29, 1.82) is 0 Å². The van der Waals surface area contributed by atoms with E-state index in [2.05, 4.69) is 21.0 Å². The van der Waals surface area contributed by atoms with E-state index in [0.717, 1.165) is 40.5 Å². The van der Waals surface area contributed by atoms with Crippen LogP contribution in [0.15, 0.2) is 34.9 Å². The molecule has 1 heterocycles. The van der Waals surface area contributed by atoms with E-state index >= 15 is 0 Å². The molecule has 2 aromatic rings. The molecule has 4 heteroatoms. The van der Waals surface area contributed by atoms with E-state index in [-0.39, 0.29) is 0 Å². The third kappa shape index (κ3) is 2.50. The van der Waals surface area contributed by atoms with Crippen LogP contribution >= 0.6 is 15.9 Å². The zero-order valence-electron chi connectivity index (χ0n) is 10.6. The molecule has 1 saturated carbocycles. The zero-order valence-corrected chi connectivity index (χ0v) is 12.1. The Labute approximate surface area is 120 Å². The minimum Gasteiger partial charge on any atom is -0.298 e. The first-order valence-corrected chi connectivity index (χ1v) is 7.38. The Hall–Kier alpha value is -1.42. The van der Waals surface area contributed by atoms with E-state index < -0.39 is 0 Å². The molecule has 1 fully saturated rings. The molecule has 1 aromatic carbocycles. The summed E-state index contributed by atoms with van der Waals surface area (Å²) in [6, 6.07) is 7.94. The van der Waals surface area contributed by atoms with Gasteiger partial charge >= 0.3 is 0 Å². The minimum atomic E-state index is 0.455. The van der Waals surface area contributed by atoms with Crippen molar-refractivity contribution in [3.05, 3.63) is 46.2 Å². The lowest BCUT2D eigenvalue weighted by molar-refractivity contribution is 0.112. The highest BCUT2D eigenvalue weighted by Crippen LogP contribution is 2.34. The Morgan fingerprint density at radius 2 is 1.89 bits per heavy atom. The lowest BCUT2D eigenvalue weighted by atomic mass is 10.0. The number of halogens is 1. The number of carbonyl (C=O) groups is 1. The molecule has 3 rings (SSSR count). The molecule has 19 heavy (non-hydrogen) atoms. The molecule has 0 spiro atoms. The largest absolute Gasteiger partial charge is 0.298 e. The molecule has 0 bridgehead atoms. The molecule has 0 saturated heterocycles. The van der Waals surface area contributed by atoms with Gasteiger partial charge in [0.25, 0.3) is 0 Å². The highest BCUT2D eigenvalue weighted by atomic mass is 79.9. The summed E-state index contributed by atoms with van der Waals surface area (Å²) >= 11 is 3.42. The van der Waals surface area contributed by atoms with Crippen LogP contribution in [0.2, 0.25) is 0 Å². The fourth-order valence-electron chi connectivity index (χ4n) is 2.73. The second-order valence-corrected chi connectivity index (χ2v) is 5.91. The van der Waals surface area contributed by atoms with Gasteiger partial charge in [-0.1, -0.05) is 28.8 Å². The van der Waals surface area contributed by atoms with Crippen molar-refractivity contribution in [3.63, 3.8) is 0 Å². The molecule has 0 radical (unpaired) electrons. The molecule has 0 N–H and O–H groups in total. The average molecular weight is 319 g/mol. The summed E-state index contributed by atoms with van der Waals surface area (Å²) in [7, 11) is 0. The van der Waals surface area contributed by atoms with Crippen LogP contribution in [0.5, 0.6) is 0 Å². The quantitative estimate of drug-likeness (QED) is 0.798. The van der Waals surface area contributed by atoms with E-state index in [1.807, 2.05) is 35.1 Å². The highest BCUT2D eigenvalue weighted by Gasteiger charge is 2.23. The summed E-state index contributed by atoms with van der Waals surface area (Å²) in [6.45, 7) is 0. The van der Waals surface area contributed by atoms with E-state index in [9.17, 15) is 4.79 Å². The normalized spacial score (nSPS) is 15.8. The predicted molar refractivity (Wildman–Crippen MR) is 77.9 cm³/mol. The molecule has 0 atom stereocenters. The van der Waals surface area contributed by atoms with Crippen LogP contribution < -0.4 is 0 Å². The van der Waals surface area contributed by atoms with Crippen molar-refractivity contribution in [2.24, 2.45) is 0 Å². The van der Waals surface area contributed by atoms with Gasteiger partial charge in [-0.3, -0.25) is 4.79 Å². The molecule has 0 unspecified atom stereocenters. The summed E-state index contributed by atoms with van der Waals surface area (Å²) in [5, 5.41) is 4.63. The van der Waals surface area contributed by atoms with Gasteiger partial charge in [-0.05, 0) is 37.1 Å². The Bertz CT molecular complexity index is 583. The molecule has 3 nitrogen and oxygen atoms in total. The number of hydrogen-bond acceptors (Lipinski definition) is 2. The smallest absolute Gasteiger partial charge is 0.153 e. The maximum Gasteiger partial charge on any atom is 0.153 e. The molecular weight excluding hydrogens is 304 g/mol. The highest BCUT2D eigenvalue weighted by molar-refractivity contribution is 9.10. The fraction of sp³-hybridized carbons (Fsp3) is 0.333. The third-order valence-corrected chi connectivity index (χ3v) is 4.26. The van der Waals surface area contributed by atoms with Crippen molar-refractivity contribution >= 4 is 22.2 Å². The summed E-state index contributed by atoms with van der Waals surface area (Å²) < 4.78 is 2.85. The van der Waals surface area contributed by atoms with Gasteiger partial charge < -0.3 is 0 Å². The second kappa shape index (κ2) is 5.29. The number of nitrogens with zero attached hydrogens (tertiary/aromatic N) is 2. The van der Waals surface area contributed by atoms with Crippen molar-refractivity contribution < 1.29 is 4.79 Å². The number of carbonyl (C=O) groups excluding carboxylic acids is 1. The lowest BCUT2D eigenvalue weighted by Gasteiger charge is -2.05. The molecular formula is C15H15BrN2O. The van der Waals surface area contributed by atoms with E-state index in [4.69, 9.17) is 0 Å². The number of benzene rings is 1. The molecule has 0 aliphatic heterocycles. The number of aromatic nitrogens is 2. The maximum atomic E-state index is 11.2. The van der Waals surface area contributed by atoms with E-state index in [1.165, 1.54) is 12.8 Å². The Morgan fingerprint density at radius 3 is 2.53 bits per heavy atom. The summed E-state index contributed by atoms with van der Waals surface area (Å²) in [5.74, 6) is 0.455. The Morgan fingerprint density at radius 1 is 1.21 bits per heavy atom. The second-order valence-electron chi connectivity index (χ2n) is 4.99. The van der Waals surface area contributed by atoms with Gasteiger partial charge in [-0.15, -0.1) is 0 Å². The van der Waals surface area contributed by atoms with Gasteiger partial charge in [0.2, 0.25) is 0 Å².